The molecule has 0 bridgehead atoms. The Bertz CT molecular complexity index is 756. The SMILES string of the molecule is FC(F)(F)c1cc(Nn2cnnc2)nc(-c2cccnc2)n1. The van der Waals surface area contributed by atoms with Crippen LogP contribution in [0.2, 0.25) is 0 Å². The minimum atomic E-state index is -4.59. The Morgan fingerprint density at radius 2 is 1.86 bits per heavy atom. The van der Waals surface area contributed by atoms with E-state index in [4.69, 9.17) is 0 Å². The van der Waals surface area contributed by atoms with E-state index in [1.54, 1.807) is 12.1 Å². The molecule has 0 amide bonds. The zero-order valence-electron chi connectivity index (χ0n) is 10.9. The number of pyridine rings is 1. The predicted molar refractivity (Wildman–Crippen MR) is 69.3 cm³/mol. The summed E-state index contributed by atoms with van der Waals surface area (Å²) in [4.78, 5) is 11.5. The Labute approximate surface area is 121 Å². The smallest absolute Gasteiger partial charge is 0.275 e. The summed E-state index contributed by atoms with van der Waals surface area (Å²) >= 11 is 0. The lowest BCUT2D eigenvalue weighted by atomic mass is 10.2. The highest BCUT2D eigenvalue weighted by molar-refractivity contribution is 5.56. The van der Waals surface area contributed by atoms with Crippen molar-refractivity contribution in [2.45, 2.75) is 6.18 Å². The van der Waals surface area contributed by atoms with Crippen molar-refractivity contribution in [3.05, 3.63) is 48.9 Å². The number of hydrogen-bond acceptors (Lipinski definition) is 6. The summed E-state index contributed by atoms with van der Waals surface area (Å²) in [6.45, 7) is 0. The van der Waals surface area contributed by atoms with Gasteiger partial charge in [0.1, 0.15) is 18.5 Å². The number of nitrogens with zero attached hydrogens (tertiary/aromatic N) is 6. The normalized spacial score (nSPS) is 11.4. The summed E-state index contributed by atoms with van der Waals surface area (Å²) in [5, 5.41) is 7.09. The molecule has 3 aromatic heterocycles. The Hall–Kier alpha value is -3.04. The molecule has 0 aromatic carbocycles. The molecule has 3 aromatic rings. The van der Waals surface area contributed by atoms with Crippen LogP contribution in [0.1, 0.15) is 5.69 Å². The summed E-state index contributed by atoms with van der Waals surface area (Å²) in [6.07, 6.45) is 0.882. The van der Waals surface area contributed by atoms with E-state index in [9.17, 15) is 13.2 Å². The molecule has 10 heteroatoms. The van der Waals surface area contributed by atoms with Crippen LogP contribution in [-0.4, -0.2) is 29.8 Å². The van der Waals surface area contributed by atoms with Crippen molar-refractivity contribution >= 4 is 5.82 Å². The van der Waals surface area contributed by atoms with Gasteiger partial charge in [0, 0.05) is 24.0 Å². The summed E-state index contributed by atoms with van der Waals surface area (Å²) in [5.41, 5.74) is 1.94. The molecular weight excluding hydrogens is 299 g/mol. The molecule has 0 fully saturated rings. The molecule has 0 saturated carbocycles. The van der Waals surface area contributed by atoms with Crippen molar-refractivity contribution in [1.82, 2.24) is 29.8 Å². The van der Waals surface area contributed by atoms with Gasteiger partial charge in [-0.1, -0.05) is 0 Å². The summed E-state index contributed by atoms with van der Waals surface area (Å²) in [5.74, 6) is -0.125. The lowest BCUT2D eigenvalue weighted by Gasteiger charge is -2.11. The largest absolute Gasteiger partial charge is 0.433 e. The van der Waals surface area contributed by atoms with Crippen molar-refractivity contribution in [1.29, 1.82) is 0 Å². The van der Waals surface area contributed by atoms with Gasteiger partial charge in [0.05, 0.1) is 0 Å². The van der Waals surface area contributed by atoms with Gasteiger partial charge in [0.2, 0.25) is 0 Å². The van der Waals surface area contributed by atoms with Crippen molar-refractivity contribution in [3.8, 4) is 11.4 Å². The molecule has 3 heterocycles. The second-order valence-electron chi connectivity index (χ2n) is 4.18. The van der Waals surface area contributed by atoms with Crippen LogP contribution in [0.4, 0.5) is 19.0 Å². The summed E-state index contributed by atoms with van der Waals surface area (Å²) in [6, 6.07) is 3.97. The van der Waals surface area contributed by atoms with Crippen LogP contribution in [0.3, 0.4) is 0 Å². The first-order valence-corrected chi connectivity index (χ1v) is 6.01. The molecule has 3 rings (SSSR count). The molecule has 1 N–H and O–H groups in total. The minimum Gasteiger partial charge on any atom is -0.275 e. The Kier molecular flexibility index (Phi) is 3.41. The summed E-state index contributed by atoms with van der Waals surface area (Å²) < 4.78 is 40.2. The number of hydrogen-bond donors (Lipinski definition) is 1. The molecule has 0 radical (unpaired) electrons. The van der Waals surface area contributed by atoms with Gasteiger partial charge >= 0.3 is 6.18 Å². The monoisotopic (exact) mass is 307 g/mol. The van der Waals surface area contributed by atoms with E-state index in [-0.39, 0.29) is 11.6 Å². The van der Waals surface area contributed by atoms with Crippen molar-refractivity contribution in [2.75, 3.05) is 5.43 Å². The molecule has 0 saturated heterocycles. The zero-order valence-corrected chi connectivity index (χ0v) is 10.9. The topological polar surface area (TPSA) is 81.4 Å². The van der Waals surface area contributed by atoms with Crippen LogP contribution < -0.4 is 5.43 Å². The van der Waals surface area contributed by atoms with Crippen molar-refractivity contribution in [3.63, 3.8) is 0 Å². The van der Waals surface area contributed by atoms with E-state index < -0.39 is 11.9 Å². The van der Waals surface area contributed by atoms with Crippen LogP contribution in [0.5, 0.6) is 0 Å². The van der Waals surface area contributed by atoms with Crippen LogP contribution >= 0.6 is 0 Å². The van der Waals surface area contributed by atoms with Crippen LogP contribution in [0.15, 0.2) is 43.2 Å². The fraction of sp³-hybridized carbons (Fsp3) is 0.0833. The molecule has 0 spiro atoms. The number of rotatable bonds is 3. The van der Waals surface area contributed by atoms with E-state index in [0.717, 1.165) is 6.07 Å². The average Bonchev–Trinajstić information content (AvgIpc) is 3.00. The molecule has 0 unspecified atom stereocenters. The molecule has 112 valence electrons. The molecule has 0 aliphatic carbocycles. The molecule has 7 nitrogen and oxygen atoms in total. The molecular formula is C12H8F3N7. The minimum absolute atomic E-state index is 0.0408. The van der Waals surface area contributed by atoms with E-state index in [1.165, 1.54) is 29.7 Å². The summed E-state index contributed by atoms with van der Waals surface area (Å²) in [7, 11) is 0. The van der Waals surface area contributed by atoms with E-state index >= 15 is 0 Å². The molecule has 0 atom stereocenters. The maximum atomic E-state index is 13.0. The first-order chi connectivity index (χ1) is 10.5. The van der Waals surface area contributed by atoms with Gasteiger partial charge < -0.3 is 0 Å². The third-order valence-electron chi connectivity index (χ3n) is 2.60. The number of alkyl halides is 3. The van der Waals surface area contributed by atoms with Crippen LogP contribution in [-0.2, 0) is 6.18 Å². The number of anilines is 1. The van der Waals surface area contributed by atoms with Gasteiger partial charge in [-0.3, -0.25) is 10.4 Å². The second kappa shape index (κ2) is 5.39. The third kappa shape index (κ3) is 3.00. The number of halogens is 3. The maximum Gasteiger partial charge on any atom is 0.433 e. The van der Waals surface area contributed by atoms with Gasteiger partial charge in [-0.2, -0.15) is 13.2 Å². The highest BCUT2D eigenvalue weighted by Crippen LogP contribution is 2.30. The number of nitrogens with one attached hydrogen (secondary N) is 1. The van der Waals surface area contributed by atoms with Crippen LogP contribution in [0, 0.1) is 0 Å². The Morgan fingerprint density at radius 3 is 2.50 bits per heavy atom. The lowest BCUT2D eigenvalue weighted by Crippen LogP contribution is -2.14. The second-order valence-corrected chi connectivity index (χ2v) is 4.18. The highest BCUT2D eigenvalue weighted by atomic mass is 19.4. The van der Waals surface area contributed by atoms with Gasteiger partial charge in [-0.25, -0.2) is 14.6 Å². The quantitative estimate of drug-likeness (QED) is 0.797. The van der Waals surface area contributed by atoms with E-state index in [1.807, 2.05) is 0 Å². The van der Waals surface area contributed by atoms with Gasteiger partial charge in [-0.05, 0) is 12.1 Å². The fourth-order valence-electron chi connectivity index (χ4n) is 1.66. The lowest BCUT2D eigenvalue weighted by molar-refractivity contribution is -0.141. The van der Waals surface area contributed by atoms with Crippen LogP contribution in [0.25, 0.3) is 11.4 Å². The Balaban J connectivity index is 2.06. The average molecular weight is 307 g/mol. The first kappa shape index (κ1) is 13.9. The van der Waals surface area contributed by atoms with Gasteiger partial charge in [0.15, 0.2) is 11.5 Å². The van der Waals surface area contributed by atoms with Gasteiger partial charge in [0.25, 0.3) is 0 Å². The highest BCUT2D eigenvalue weighted by Gasteiger charge is 2.34. The Morgan fingerprint density at radius 1 is 1.09 bits per heavy atom. The zero-order chi connectivity index (χ0) is 15.6. The van der Waals surface area contributed by atoms with Crippen molar-refractivity contribution < 1.29 is 13.2 Å². The predicted octanol–water partition coefficient (Wildman–Crippen LogP) is 2.02. The fourth-order valence-corrected chi connectivity index (χ4v) is 1.66. The number of aromatic nitrogens is 6. The van der Waals surface area contributed by atoms with E-state index in [2.05, 4.69) is 30.6 Å². The van der Waals surface area contributed by atoms with Gasteiger partial charge in [-0.15, -0.1) is 10.2 Å². The maximum absolute atomic E-state index is 13.0. The third-order valence-corrected chi connectivity index (χ3v) is 2.60. The first-order valence-electron chi connectivity index (χ1n) is 6.01. The molecule has 0 aliphatic rings. The standard InChI is InChI=1S/C12H8F3N7/c13-12(14,15)9-4-10(21-22-6-17-18-7-22)20-11(19-9)8-2-1-3-16-5-8/h1-7H,(H,19,20,21). The van der Waals surface area contributed by atoms with Crippen molar-refractivity contribution in [2.24, 2.45) is 0 Å². The molecule has 22 heavy (non-hydrogen) atoms. The molecule has 0 aliphatic heterocycles. The van der Waals surface area contributed by atoms with E-state index in [0.29, 0.717) is 5.56 Å².